The van der Waals surface area contributed by atoms with Gasteiger partial charge in [-0.05, 0) is 37.6 Å². The van der Waals surface area contributed by atoms with Crippen LogP contribution in [0, 0.1) is 6.92 Å². The van der Waals surface area contributed by atoms with Gasteiger partial charge in [-0.15, -0.1) is 0 Å². The summed E-state index contributed by atoms with van der Waals surface area (Å²) in [6.07, 6.45) is 0. The molecule has 0 spiro atoms. The van der Waals surface area contributed by atoms with Crippen molar-refractivity contribution < 1.29 is 14.7 Å². The smallest absolute Gasteiger partial charge is 0.335 e. The van der Waals surface area contributed by atoms with Crippen LogP contribution in [0.2, 0.25) is 0 Å². The van der Waals surface area contributed by atoms with Gasteiger partial charge in [-0.3, -0.25) is 4.79 Å². The third-order valence-corrected chi connectivity index (χ3v) is 2.39. The lowest BCUT2D eigenvalue weighted by Gasteiger charge is -2.05. The molecule has 0 saturated carbocycles. The number of carboxylic acid groups (broad SMARTS) is 1. The fourth-order valence-corrected chi connectivity index (χ4v) is 1.54. The van der Waals surface area contributed by atoms with E-state index in [4.69, 9.17) is 5.11 Å². The van der Waals surface area contributed by atoms with Crippen LogP contribution in [0.1, 0.15) is 33.2 Å². The highest BCUT2D eigenvalue weighted by Crippen LogP contribution is 2.14. The maximum Gasteiger partial charge on any atom is 0.335 e. The lowest BCUT2D eigenvalue weighted by atomic mass is 10.0. The largest absolute Gasteiger partial charge is 0.478 e. The molecule has 1 N–H and O–H groups in total. The number of benzene rings is 1. The Morgan fingerprint density at radius 2 is 1.80 bits per heavy atom. The van der Waals surface area contributed by atoms with Crippen LogP contribution in [0.15, 0.2) is 18.2 Å². The first-order chi connectivity index (χ1) is 6.91. The Kier molecular flexibility index (Phi) is 3.63. The van der Waals surface area contributed by atoms with Crippen LogP contribution < -0.4 is 0 Å². The van der Waals surface area contributed by atoms with Crippen molar-refractivity contribution in [1.29, 1.82) is 0 Å². The zero-order valence-electron chi connectivity index (χ0n) is 8.45. The van der Waals surface area contributed by atoms with E-state index in [1.807, 2.05) is 0 Å². The second-order valence-corrected chi connectivity index (χ2v) is 4.75. The molecule has 80 valence electrons. The minimum atomic E-state index is -1.02. The molecular weight excluding hydrogens is 260 g/mol. The first-order valence-electron chi connectivity index (χ1n) is 4.45. The molecule has 1 aromatic rings. The SMILES string of the molecule is Cc1cc(C(=O)O)cc(C(=O)C(C)Br)c1. The molecule has 0 heterocycles. The van der Waals surface area contributed by atoms with Crippen LogP contribution in [0.5, 0.6) is 0 Å². The Morgan fingerprint density at radius 3 is 2.27 bits per heavy atom. The number of hydrogen-bond donors (Lipinski definition) is 1. The van der Waals surface area contributed by atoms with Gasteiger partial charge in [0.2, 0.25) is 0 Å². The molecular formula is C11H11BrO3. The molecule has 0 aromatic heterocycles. The maximum absolute atomic E-state index is 11.6. The van der Waals surface area contributed by atoms with E-state index in [1.54, 1.807) is 19.9 Å². The van der Waals surface area contributed by atoms with E-state index in [0.29, 0.717) is 5.56 Å². The number of carbonyl (C=O) groups is 2. The number of alkyl halides is 1. The molecule has 0 fully saturated rings. The van der Waals surface area contributed by atoms with E-state index in [0.717, 1.165) is 5.56 Å². The van der Waals surface area contributed by atoms with Crippen LogP contribution in [-0.4, -0.2) is 21.7 Å². The summed E-state index contributed by atoms with van der Waals surface area (Å²) in [5.74, 6) is -1.13. The Hall–Kier alpha value is -1.16. The van der Waals surface area contributed by atoms with Gasteiger partial charge in [0.15, 0.2) is 5.78 Å². The van der Waals surface area contributed by atoms with Crippen molar-refractivity contribution in [3.63, 3.8) is 0 Å². The number of rotatable bonds is 3. The number of aryl methyl sites for hydroxylation is 1. The summed E-state index contributed by atoms with van der Waals surface area (Å²) in [5.41, 5.74) is 1.34. The Balaban J connectivity index is 3.20. The Bertz CT molecular complexity index is 410. The molecule has 3 nitrogen and oxygen atoms in total. The summed E-state index contributed by atoms with van der Waals surface area (Å²) < 4.78 is 0. The topological polar surface area (TPSA) is 54.4 Å². The molecule has 0 aliphatic carbocycles. The van der Waals surface area contributed by atoms with Crippen molar-refractivity contribution in [3.05, 3.63) is 34.9 Å². The normalized spacial score (nSPS) is 12.2. The fraction of sp³-hybridized carbons (Fsp3) is 0.273. The van der Waals surface area contributed by atoms with Crippen LogP contribution in [0.25, 0.3) is 0 Å². The third-order valence-electron chi connectivity index (χ3n) is 1.97. The lowest BCUT2D eigenvalue weighted by Crippen LogP contribution is -2.11. The monoisotopic (exact) mass is 270 g/mol. The Morgan fingerprint density at radius 1 is 1.27 bits per heavy atom. The van der Waals surface area contributed by atoms with Gasteiger partial charge in [0, 0.05) is 5.56 Å². The minimum absolute atomic E-state index is 0.110. The van der Waals surface area contributed by atoms with Gasteiger partial charge in [0.05, 0.1) is 10.4 Å². The molecule has 0 amide bonds. The van der Waals surface area contributed by atoms with Gasteiger partial charge in [-0.2, -0.15) is 0 Å². The zero-order chi connectivity index (χ0) is 11.6. The molecule has 4 heteroatoms. The van der Waals surface area contributed by atoms with E-state index in [-0.39, 0.29) is 16.2 Å². The van der Waals surface area contributed by atoms with Crippen molar-refractivity contribution >= 4 is 27.7 Å². The molecule has 0 radical (unpaired) electrons. The number of Topliss-reactive ketones (excluding diaryl/α,β-unsaturated/α-hetero) is 1. The van der Waals surface area contributed by atoms with Crippen molar-refractivity contribution in [1.82, 2.24) is 0 Å². The quantitative estimate of drug-likeness (QED) is 0.679. The Labute approximate surface area is 96.2 Å². The van der Waals surface area contributed by atoms with Gasteiger partial charge in [-0.1, -0.05) is 15.9 Å². The number of hydrogen-bond acceptors (Lipinski definition) is 2. The highest BCUT2D eigenvalue weighted by atomic mass is 79.9. The molecule has 15 heavy (non-hydrogen) atoms. The highest BCUT2D eigenvalue weighted by molar-refractivity contribution is 9.10. The van der Waals surface area contributed by atoms with Crippen LogP contribution in [0.3, 0.4) is 0 Å². The molecule has 0 aliphatic heterocycles. The van der Waals surface area contributed by atoms with Crippen molar-refractivity contribution in [3.8, 4) is 0 Å². The van der Waals surface area contributed by atoms with Crippen molar-refractivity contribution in [2.24, 2.45) is 0 Å². The van der Waals surface area contributed by atoms with Crippen molar-refractivity contribution in [2.75, 3.05) is 0 Å². The third kappa shape index (κ3) is 2.89. The van der Waals surface area contributed by atoms with E-state index in [1.165, 1.54) is 12.1 Å². The summed E-state index contributed by atoms with van der Waals surface area (Å²) in [4.78, 5) is 22.1. The first kappa shape index (κ1) is 11.9. The molecule has 0 aliphatic rings. The number of aromatic carboxylic acids is 1. The van der Waals surface area contributed by atoms with Gasteiger partial charge < -0.3 is 5.11 Å². The number of halogens is 1. The summed E-state index contributed by atoms with van der Waals surface area (Å²) in [6, 6.07) is 4.62. The molecule has 1 rings (SSSR count). The summed E-state index contributed by atoms with van der Waals surface area (Å²) in [6.45, 7) is 3.48. The van der Waals surface area contributed by atoms with Gasteiger partial charge in [0.25, 0.3) is 0 Å². The average Bonchev–Trinajstić information content (AvgIpc) is 2.15. The number of carboxylic acids is 1. The van der Waals surface area contributed by atoms with Gasteiger partial charge in [-0.25, -0.2) is 4.79 Å². The maximum atomic E-state index is 11.6. The van der Waals surface area contributed by atoms with Crippen LogP contribution in [0.4, 0.5) is 0 Å². The molecule has 0 saturated heterocycles. The van der Waals surface area contributed by atoms with E-state index < -0.39 is 5.97 Å². The lowest BCUT2D eigenvalue weighted by molar-refractivity contribution is 0.0697. The molecule has 1 aromatic carbocycles. The van der Waals surface area contributed by atoms with E-state index in [2.05, 4.69) is 15.9 Å². The summed E-state index contributed by atoms with van der Waals surface area (Å²) in [5, 5.41) is 8.83. The first-order valence-corrected chi connectivity index (χ1v) is 5.36. The van der Waals surface area contributed by atoms with Gasteiger partial charge in [0.1, 0.15) is 0 Å². The molecule has 0 bridgehead atoms. The number of carbonyl (C=O) groups excluding carboxylic acids is 1. The van der Waals surface area contributed by atoms with Gasteiger partial charge >= 0.3 is 5.97 Å². The molecule has 1 atom stereocenters. The minimum Gasteiger partial charge on any atom is -0.478 e. The predicted octanol–water partition coefficient (Wildman–Crippen LogP) is 2.66. The van der Waals surface area contributed by atoms with E-state index >= 15 is 0 Å². The predicted molar refractivity (Wildman–Crippen MR) is 60.9 cm³/mol. The molecule has 1 unspecified atom stereocenters. The second kappa shape index (κ2) is 4.57. The standard InChI is InChI=1S/C11H11BrO3/c1-6-3-8(10(13)7(2)12)5-9(4-6)11(14)15/h3-5,7H,1-2H3,(H,14,15). The zero-order valence-corrected chi connectivity index (χ0v) is 10.0. The van der Waals surface area contributed by atoms with Crippen LogP contribution in [-0.2, 0) is 0 Å². The number of ketones is 1. The van der Waals surface area contributed by atoms with Crippen LogP contribution >= 0.6 is 15.9 Å². The summed E-state index contributed by atoms with van der Waals surface area (Å²) >= 11 is 3.17. The summed E-state index contributed by atoms with van der Waals surface area (Å²) in [7, 11) is 0. The highest BCUT2D eigenvalue weighted by Gasteiger charge is 2.14. The second-order valence-electron chi connectivity index (χ2n) is 3.37. The van der Waals surface area contributed by atoms with Crippen molar-refractivity contribution in [2.45, 2.75) is 18.7 Å². The average molecular weight is 271 g/mol. The van der Waals surface area contributed by atoms with E-state index in [9.17, 15) is 9.59 Å². The fourth-order valence-electron chi connectivity index (χ4n) is 1.28.